The van der Waals surface area contributed by atoms with E-state index < -0.39 is 4.92 Å². The van der Waals surface area contributed by atoms with Crippen LogP contribution in [0.4, 0.5) is 10.5 Å². The van der Waals surface area contributed by atoms with Crippen LogP contribution < -0.4 is 5.32 Å². The third-order valence-electron chi connectivity index (χ3n) is 5.59. The quantitative estimate of drug-likeness (QED) is 0.386. The lowest BCUT2D eigenvalue weighted by molar-refractivity contribution is -0.387. The molecule has 0 aromatic heterocycles. The SMILES string of the molecule is C=C(C(=O)N1CCN(C(=O)NC)CC1)c1ccc(Sc2ccccc2C(C)C)c([N+](=O)[O-])c1. The molecule has 3 rings (SSSR count). The Morgan fingerprint density at radius 3 is 2.30 bits per heavy atom. The van der Waals surface area contributed by atoms with Gasteiger partial charge in [-0.2, -0.15) is 0 Å². The van der Waals surface area contributed by atoms with E-state index in [0.717, 1.165) is 10.5 Å². The van der Waals surface area contributed by atoms with E-state index in [2.05, 4.69) is 25.7 Å². The summed E-state index contributed by atoms with van der Waals surface area (Å²) >= 11 is 1.35. The fourth-order valence-electron chi connectivity index (χ4n) is 3.69. The first-order valence-corrected chi connectivity index (χ1v) is 11.5. The van der Waals surface area contributed by atoms with Crippen molar-refractivity contribution in [3.63, 3.8) is 0 Å². The van der Waals surface area contributed by atoms with E-state index in [-0.39, 0.29) is 29.1 Å². The van der Waals surface area contributed by atoms with Gasteiger partial charge in [0.05, 0.1) is 9.82 Å². The van der Waals surface area contributed by atoms with Crippen LogP contribution >= 0.6 is 11.8 Å². The highest BCUT2D eigenvalue weighted by atomic mass is 32.2. The van der Waals surface area contributed by atoms with Gasteiger partial charge in [-0.3, -0.25) is 14.9 Å². The van der Waals surface area contributed by atoms with Crippen molar-refractivity contribution in [3.05, 3.63) is 70.3 Å². The van der Waals surface area contributed by atoms with Crippen LogP contribution in [0.15, 0.2) is 58.8 Å². The zero-order chi connectivity index (χ0) is 24.1. The minimum absolute atomic E-state index is 0.0607. The highest BCUT2D eigenvalue weighted by molar-refractivity contribution is 7.99. The third kappa shape index (κ3) is 5.54. The molecule has 0 radical (unpaired) electrons. The molecule has 1 N–H and O–H groups in total. The summed E-state index contributed by atoms with van der Waals surface area (Å²) in [6, 6.07) is 12.5. The zero-order valence-electron chi connectivity index (χ0n) is 19.0. The van der Waals surface area contributed by atoms with Gasteiger partial charge in [0.25, 0.3) is 11.6 Å². The number of amides is 3. The molecule has 0 spiro atoms. The smallest absolute Gasteiger partial charge is 0.317 e. The normalized spacial score (nSPS) is 13.7. The molecule has 0 bridgehead atoms. The molecule has 33 heavy (non-hydrogen) atoms. The molecule has 1 saturated heterocycles. The predicted molar refractivity (Wildman–Crippen MR) is 129 cm³/mol. The van der Waals surface area contributed by atoms with Crippen molar-refractivity contribution in [2.75, 3.05) is 33.2 Å². The summed E-state index contributed by atoms with van der Waals surface area (Å²) in [7, 11) is 1.57. The lowest BCUT2D eigenvalue weighted by atomic mass is 10.0. The maximum atomic E-state index is 13.0. The van der Waals surface area contributed by atoms with Crippen LogP contribution in [0.3, 0.4) is 0 Å². The van der Waals surface area contributed by atoms with Crippen molar-refractivity contribution in [1.82, 2.24) is 15.1 Å². The fraction of sp³-hybridized carbons (Fsp3) is 0.333. The summed E-state index contributed by atoms with van der Waals surface area (Å²) < 4.78 is 0. The number of carbonyl (C=O) groups excluding carboxylic acids is 2. The number of nitrogens with one attached hydrogen (secondary N) is 1. The zero-order valence-corrected chi connectivity index (χ0v) is 19.9. The molecule has 0 saturated carbocycles. The van der Waals surface area contributed by atoms with Crippen molar-refractivity contribution in [2.24, 2.45) is 0 Å². The van der Waals surface area contributed by atoms with E-state index in [1.54, 1.807) is 29.0 Å². The highest BCUT2D eigenvalue weighted by Gasteiger charge is 2.26. The van der Waals surface area contributed by atoms with Crippen molar-refractivity contribution in [2.45, 2.75) is 29.6 Å². The molecule has 1 aliphatic heterocycles. The topological polar surface area (TPSA) is 95.8 Å². The minimum Gasteiger partial charge on any atom is -0.341 e. The molecule has 2 aromatic rings. The van der Waals surface area contributed by atoms with Crippen LogP contribution in [0.2, 0.25) is 0 Å². The van der Waals surface area contributed by atoms with E-state index in [9.17, 15) is 19.7 Å². The van der Waals surface area contributed by atoms with Crippen molar-refractivity contribution in [3.8, 4) is 0 Å². The summed E-state index contributed by atoms with van der Waals surface area (Å²) in [5, 5.41) is 14.4. The largest absolute Gasteiger partial charge is 0.341 e. The number of urea groups is 1. The molecule has 0 atom stereocenters. The van der Waals surface area contributed by atoms with E-state index in [0.29, 0.717) is 36.6 Å². The standard InChI is InChI=1S/C24H28N4O4S/c1-16(2)19-7-5-6-8-21(19)33-22-10-9-18(15-20(22)28(31)32)17(3)23(29)26-11-13-27(14-12-26)24(30)25-4/h5-10,15-16H,3,11-14H2,1-2,4H3,(H,25,30). The molecule has 0 aliphatic carbocycles. The van der Waals surface area contributed by atoms with E-state index in [4.69, 9.17) is 0 Å². The first-order valence-electron chi connectivity index (χ1n) is 10.7. The Morgan fingerprint density at radius 2 is 1.70 bits per heavy atom. The lowest BCUT2D eigenvalue weighted by Gasteiger charge is -2.34. The van der Waals surface area contributed by atoms with E-state index in [1.807, 2.05) is 24.3 Å². The number of piperazine rings is 1. The Kier molecular flexibility index (Phi) is 7.75. The van der Waals surface area contributed by atoms with Gasteiger partial charge >= 0.3 is 6.03 Å². The molecule has 1 aliphatic rings. The third-order valence-corrected chi connectivity index (χ3v) is 6.75. The Labute approximate surface area is 197 Å². The summed E-state index contributed by atoms with van der Waals surface area (Å²) in [4.78, 5) is 40.8. The van der Waals surface area contributed by atoms with Crippen molar-refractivity contribution in [1.29, 1.82) is 0 Å². The van der Waals surface area contributed by atoms with Crippen LogP contribution in [-0.4, -0.2) is 59.9 Å². The van der Waals surface area contributed by atoms with Crippen molar-refractivity contribution >= 4 is 35.0 Å². The number of nitrogens with zero attached hydrogens (tertiary/aromatic N) is 3. The fourth-order valence-corrected chi connectivity index (χ4v) is 4.87. The van der Waals surface area contributed by atoms with Gasteiger partial charge in [0.15, 0.2) is 0 Å². The number of carbonyl (C=O) groups is 2. The average molecular weight is 469 g/mol. The molecule has 1 heterocycles. The summed E-state index contributed by atoms with van der Waals surface area (Å²) in [5.74, 6) is -0.000270. The maximum absolute atomic E-state index is 13.0. The predicted octanol–water partition coefficient (Wildman–Crippen LogP) is 4.37. The van der Waals surface area contributed by atoms with Crippen LogP contribution in [0, 0.1) is 10.1 Å². The molecule has 2 aromatic carbocycles. The van der Waals surface area contributed by atoms with E-state index in [1.165, 1.54) is 17.8 Å². The number of nitro benzene ring substituents is 1. The molecule has 1 fully saturated rings. The van der Waals surface area contributed by atoms with Crippen LogP contribution in [0.5, 0.6) is 0 Å². The maximum Gasteiger partial charge on any atom is 0.317 e. The van der Waals surface area contributed by atoms with Gasteiger partial charge < -0.3 is 15.1 Å². The van der Waals surface area contributed by atoms with Crippen LogP contribution in [0.25, 0.3) is 5.57 Å². The second kappa shape index (κ2) is 10.5. The summed E-state index contributed by atoms with van der Waals surface area (Å²) in [6.45, 7) is 9.68. The Morgan fingerprint density at radius 1 is 1.06 bits per heavy atom. The monoisotopic (exact) mass is 468 g/mol. The highest BCUT2D eigenvalue weighted by Crippen LogP contribution is 2.39. The molecule has 8 nitrogen and oxygen atoms in total. The summed E-state index contributed by atoms with van der Waals surface area (Å²) in [6.07, 6.45) is 0. The van der Waals surface area contributed by atoms with Gasteiger partial charge in [-0.05, 0) is 29.2 Å². The van der Waals surface area contributed by atoms with Crippen LogP contribution in [0.1, 0.15) is 30.9 Å². The Hall–Kier alpha value is -3.33. The van der Waals surface area contributed by atoms with Gasteiger partial charge in [-0.15, -0.1) is 0 Å². The van der Waals surface area contributed by atoms with Gasteiger partial charge in [-0.25, -0.2) is 4.79 Å². The Balaban J connectivity index is 1.79. The van der Waals surface area contributed by atoms with Gasteiger partial charge in [0, 0.05) is 49.8 Å². The second-order valence-electron chi connectivity index (χ2n) is 8.05. The molecule has 0 unspecified atom stereocenters. The lowest BCUT2D eigenvalue weighted by Crippen LogP contribution is -2.52. The number of benzene rings is 2. The number of rotatable bonds is 6. The van der Waals surface area contributed by atoms with E-state index >= 15 is 0 Å². The molecule has 174 valence electrons. The van der Waals surface area contributed by atoms with Gasteiger partial charge in [-0.1, -0.05) is 56.5 Å². The molecular formula is C24H28N4O4S. The number of hydrogen-bond donors (Lipinski definition) is 1. The number of nitro groups is 1. The minimum atomic E-state index is -0.427. The first kappa shape index (κ1) is 24.3. The number of hydrogen-bond acceptors (Lipinski definition) is 5. The Bertz CT molecular complexity index is 1080. The van der Waals surface area contributed by atoms with Gasteiger partial charge in [0.1, 0.15) is 0 Å². The molecular weight excluding hydrogens is 440 g/mol. The van der Waals surface area contributed by atoms with Crippen LogP contribution in [-0.2, 0) is 4.79 Å². The summed E-state index contributed by atoms with van der Waals surface area (Å²) in [5.41, 5.74) is 1.68. The van der Waals surface area contributed by atoms with Gasteiger partial charge in [0.2, 0.25) is 0 Å². The first-order chi connectivity index (χ1) is 15.7. The second-order valence-corrected chi connectivity index (χ2v) is 9.13. The average Bonchev–Trinajstić information content (AvgIpc) is 2.83. The molecule has 3 amide bonds. The molecule has 9 heteroatoms. The van der Waals surface area contributed by atoms with Crippen molar-refractivity contribution < 1.29 is 14.5 Å².